The first-order chi connectivity index (χ1) is 8.63. The lowest BCUT2D eigenvalue weighted by atomic mass is 9.77. The molecule has 0 saturated heterocycles. The van der Waals surface area contributed by atoms with E-state index in [0.717, 1.165) is 24.3 Å². The number of halogens is 1. The number of hydrogen-bond donors (Lipinski definition) is 2. The second-order valence-electron chi connectivity index (χ2n) is 5.64. The Bertz CT molecular complexity index is 397. The highest BCUT2D eigenvalue weighted by atomic mass is 19.1. The minimum absolute atomic E-state index is 0.0580. The molecule has 0 heterocycles. The molecular weight excluding hydrogens is 227 g/mol. The van der Waals surface area contributed by atoms with Crippen molar-refractivity contribution >= 4 is 0 Å². The van der Waals surface area contributed by atoms with Gasteiger partial charge in [0.15, 0.2) is 0 Å². The lowest BCUT2D eigenvalue weighted by Crippen LogP contribution is -2.35. The zero-order valence-electron chi connectivity index (χ0n) is 11.2. The Morgan fingerprint density at radius 2 is 1.94 bits per heavy atom. The van der Waals surface area contributed by atoms with Crippen molar-refractivity contribution in [2.24, 2.45) is 17.7 Å². The number of nitrogens with one attached hydrogen (secondary N) is 1. The van der Waals surface area contributed by atoms with Crippen LogP contribution in [0.1, 0.15) is 49.8 Å². The van der Waals surface area contributed by atoms with Crippen LogP contribution < -0.4 is 11.3 Å². The molecule has 3 heteroatoms. The van der Waals surface area contributed by atoms with E-state index in [9.17, 15) is 4.39 Å². The van der Waals surface area contributed by atoms with Gasteiger partial charge in [0, 0.05) is 5.56 Å². The average Bonchev–Trinajstić information content (AvgIpc) is 2.37. The standard InChI is InChI=1S/C15H23FN2/c1-10-6-8-12(9-7-10)15(18-17)13-5-3-4-11(2)14(13)16/h3-5,10,12,15,18H,6-9,17H2,1-2H3. The van der Waals surface area contributed by atoms with Crippen molar-refractivity contribution in [2.75, 3.05) is 0 Å². The number of hydrazine groups is 1. The molecular formula is C15H23FN2. The Hall–Kier alpha value is -0.930. The summed E-state index contributed by atoms with van der Waals surface area (Å²) < 4.78 is 14.2. The van der Waals surface area contributed by atoms with Crippen molar-refractivity contribution in [3.05, 3.63) is 35.1 Å². The van der Waals surface area contributed by atoms with Crippen LogP contribution in [-0.2, 0) is 0 Å². The van der Waals surface area contributed by atoms with Gasteiger partial charge in [0.05, 0.1) is 6.04 Å². The van der Waals surface area contributed by atoms with Crippen LogP contribution in [-0.4, -0.2) is 0 Å². The first-order valence-electron chi connectivity index (χ1n) is 6.84. The third kappa shape index (κ3) is 2.73. The predicted molar refractivity (Wildman–Crippen MR) is 72.3 cm³/mol. The second kappa shape index (κ2) is 5.81. The third-order valence-electron chi connectivity index (χ3n) is 4.27. The van der Waals surface area contributed by atoms with Gasteiger partial charge in [-0.3, -0.25) is 11.3 Å². The SMILES string of the molecule is Cc1cccc(C(NN)C2CCC(C)CC2)c1F. The summed E-state index contributed by atoms with van der Waals surface area (Å²) >= 11 is 0. The van der Waals surface area contributed by atoms with E-state index in [1.807, 2.05) is 12.1 Å². The minimum Gasteiger partial charge on any atom is -0.271 e. The van der Waals surface area contributed by atoms with Crippen LogP contribution in [0.3, 0.4) is 0 Å². The summed E-state index contributed by atoms with van der Waals surface area (Å²) in [4.78, 5) is 0. The van der Waals surface area contributed by atoms with E-state index >= 15 is 0 Å². The van der Waals surface area contributed by atoms with Crippen molar-refractivity contribution in [1.29, 1.82) is 0 Å². The highest BCUT2D eigenvalue weighted by Crippen LogP contribution is 2.37. The summed E-state index contributed by atoms with van der Waals surface area (Å²) in [5, 5.41) is 0. The summed E-state index contributed by atoms with van der Waals surface area (Å²) in [6.07, 6.45) is 4.69. The summed E-state index contributed by atoms with van der Waals surface area (Å²) in [7, 11) is 0. The molecule has 100 valence electrons. The van der Waals surface area contributed by atoms with E-state index < -0.39 is 0 Å². The number of nitrogens with two attached hydrogens (primary N) is 1. The fourth-order valence-electron chi connectivity index (χ4n) is 3.01. The van der Waals surface area contributed by atoms with Gasteiger partial charge in [-0.05, 0) is 37.2 Å². The highest BCUT2D eigenvalue weighted by Gasteiger charge is 2.28. The first kappa shape index (κ1) is 13.5. The maximum atomic E-state index is 14.2. The molecule has 18 heavy (non-hydrogen) atoms. The average molecular weight is 250 g/mol. The fraction of sp³-hybridized carbons (Fsp3) is 0.600. The molecule has 0 amide bonds. The fourth-order valence-corrected chi connectivity index (χ4v) is 3.01. The van der Waals surface area contributed by atoms with Gasteiger partial charge in [-0.15, -0.1) is 0 Å². The maximum Gasteiger partial charge on any atom is 0.130 e. The van der Waals surface area contributed by atoms with Gasteiger partial charge >= 0.3 is 0 Å². The van der Waals surface area contributed by atoms with Crippen LogP contribution in [0.25, 0.3) is 0 Å². The first-order valence-corrected chi connectivity index (χ1v) is 6.84. The molecule has 1 aliphatic carbocycles. The Balaban J connectivity index is 2.20. The summed E-state index contributed by atoms with van der Waals surface area (Å²) in [6.45, 7) is 4.09. The molecule has 1 saturated carbocycles. The lowest BCUT2D eigenvalue weighted by Gasteiger charge is -2.33. The van der Waals surface area contributed by atoms with Crippen LogP contribution in [0.15, 0.2) is 18.2 Å². The number of rotatable bonds is 3. The number of aryl methyl sites for hydroxylation is 1. The molecule has 0 aliphatic heterocycles. The van der Waals surface area contributed by atoms with Crippen molar-refractivity contribution < 1.29 is 4.39 Å². The molecule has 1 atom stereocenters. The lowest BCUT2D eigenvalue weighted by molar-refractivity contribution is 0.229. The second-order valence-corrected chi connectivity index (χ2v) is 5.64. The Morgan fingerprint density at radius 3 is 2.56 bits per heavy atom. The smallest absolute Gasteiger partial charge is 0.130 e. The molecule has 2 nitrogen and oxygen atoms in total. The van der Waals surface area contributed by atoms with E-state index in [1.54, 1.807) is 13.0 Å². The van der Waals surface area contributed by atoms with Crippen molar-refractivity contribution in [3.63, 3.8) is 0 Å². The molecule has 0 radical (unpaired) electrons. The van der Waals surface area contributed by atoms with Crippen LogP contribution in [0.2, 0.25) is 0 Å². The molecule has 1 aromatic rings. The Morgan fingerprint density at radius 1 is 1.28 bits per heavy atom. The molecule has 0 spiro atoms. The largest absolute Gasteiger partial charge is 0.271 e. The van der Waals surface area contributed by atoms with Gasteiger partial charge < -0.3 is 0 Å². The van der Waals surface area contributed by atoms with E-state index in [4.69, 9.17) is 5.84 Å². The van der Waals surface area contributed by atoms with E-state index in [0.29, 0.717) is 11.5 Å². The van der Waals surface area contributed by atoms with E-state index in [2.05, 4.69) is 12.3 Å². The predicted octanol–water partition coefficient (Wildman–Crippen LogP) is 3.46. The molecule has 0 bridgehead atoms. The van der Waals surface area contributed by atoms with Gasteiger partial charge in [-0.1, -0.05) is 38.0 Å². The van der Waals surface area contributed by atoms with Gasteiger partial charge in [-0.25, -0.2) is 4.39 Å². The molecule has 1 aromatic carbocycles. The Labute approximate surface area is 109 Å². The monoisotopic (exact) mass is 250 g/mol. The summed E-state index contributed by atoms with van der Waals surface area (Å²) in [6, 6.07) is 5.50. The van der Waals surface area contributed by atoms with Crippen molar-refractivity contribution in [1.82, 2.24) is 5.43 Å². The van der Waals surface area contributed by atoms with Gasteiger partial charge in [-0.2, -0.15) is 0 Å². The topological polar surface area (TPSA) is 38.0 Å². The summed E-state index contributed by atoms with van der Waals surface area (Å²) in [5.74, 6) is 6.80. The summed E-state index contributed by atoms with van der Waals surface area (Å²) in [5.41, 5.74) is 4.24. The van der Waals surface area contributed by atoms with Gasteiger partial charge in [0.1, 0.15) is 5.82 Å². The molecule has 2 rings (SSSR count). The Kier molecular flexibility index (Phi) is 4.36. The van der Waals surface area contributed by atoms with Crippen molar-refractivity contribution in [3.8, 4) is 0 Å². The number of hydrogen-bond acceptors (Lipinski definition) is 2. The van der Waals surface area contributed by atoms with Crippen LogP contribution in [0, 0.1) is 24.6 Å². The molecule has 1 fully saturated rings. The van der Waals surface area contributed by atoms with Crippen LogP contribution >= 0.6 is 0 Å². The van der Waals surface area contributed by atoms with Crippen LogP contribution in [0.5, 0.6) is 0 Å². The van der Waals surface area contributed by atoms with Gasteiger partial charge in [0.25, 0.3) is 0 Å². The molecule has 1 unspecified atom stereocenters. The van der Waals surface area contributed by atoms with Gasteiger partial charge in [0.2, 0.25) is 0 Å². The van der Waals surface area contributed by atoms with E-state index in [-0.39, 0.29) is 11.9 Å². The molecule has 1 aliphatic rings. The number of benzene rings is 1. The highest BCUT2D eigenvalue weighted by molar-refractivity contribution is 5.28. The van der Waals surface area contributed by atoms with Crippen molar-refractivity contribution in [2.45, 2.75) is 45.6 Å². The minimum atomic E-state index is -0.112. The quantitative estimate of drug-likeness (QED) is 0.637. The van der Waals surface area contributed by atoms with E-state index in [1.165, 1.54) is 12.8 Å². The third-order valence-corrected chi connectivity index (χ3v) is 4.27. The van der Waals surface area contributed by atoms with Crippen LogP contribution in [0.4, 0.5) is 4.39 Å². The zero-order chi connectivity index (χ0) is 13.1. The molecule has 3 N–H and O–H groups in total. The normalized spacial score (nSPS) is 26.0. The zero-order valence-corrected chi connectivity index (χ0v) is 11.2. The molecule has 0 aromatic heterocycles. The maximum absolute atomic E-state index is 14.2.